The SMILES string of the molecule is CCCN1C(=O)C(NC)CCCC1(C)C. The van der Waals surface area contributed by atoms with Crippen molar-refractivity contribution in [1.29, 1.82) is 0 Å². The van der Waals surface area contributed by atoms with Crippen molar-refractivity contribution in [3.63, 3.8) is 0 Å². The molecule has 0 aromatic rings. The first-order valence-corrected chi connectivity index (χ1v) is 6.01. The lowest BCUT2D eigenvalue weighted by Crippen LogP contribution is -2.52. The fourth-order valence-electron chi connectivity index (χ4n) is 2.39. The van der Waals surface area contributed by atoms with Crippen LogP contribution in [-0.2, 0) is 4.79 Å². The predicted octanol–water partition coefficient (Wildman–Crippen LogP) is 1.78. The van der Waals surface area contributed by atoms with Crippen molar-refractivity contribution in [1.82, 2.24) is 10.2 Å². The first-order valence-electron chi connectivity index (χ1n) is 6.01. The van der Waals surface area contributed by atoms with Crippen molar-refractivity contribution >= 4 is 5.91 Å². The summed E-state index contributed by atoms with van der Waals surface area (Å²) >= 11 is 0. The van der Waals surface area contributed by atoms with E-state index in [0.717, 1.165) is 32.2 Å². The normalized spacial score (nSPS) is 26.5. The van der Waals surface area contributed by atoms with Gasteiger partial charge in [-0.3, -0.25) is 4.79 Å². The topological polar surface area (TPSA) is 32.3 Å². The Morgan fingerprint density at radius 3 is 2.73 bits per heavy atom. The Morgan fingerprint density at radius 2 is 2.20 bits per heavy atom. The first kappa shape index (κ1) is 12.5. The maximum absolute atomic E-state index is 12.2. The zero-order valence-corrected chi connectivity index (χ0v) is 10.5. The van der Waals surface area contributed by atoms with Crippen LogP contribution in [0.4, 0.5) is 0 Å². The van der Waals surface area contributed by atoms with Crippen LogP contribution in [0.5, 0.6) is 0 Å². The molecule has 0 saturated carbocycles. The number of nitrogens with zero attached hydrogens (tertiary/aromatic N) is 1. The summed E-state index contributed by atoms with van der Waals surface area (Å²) in [4.78, 5) is 14.3. The molecule has 0 spiro atoms. The van der Waals surface area contributed by atoms with Gasteiger partial charge >= 0.3 is 0 Å². The van der Waals surface area contributed by atoms with Crippen LogP contribution in [0, 0.1) is 0 Å². The average Bonchev–Trinajstić information content (AvgIpc) is 2.28. The van der Waals surface area contributed by atoms with Gasteiger partial charge in [-0.15, -0.1) is 0 Å². The molecule has 15 heavy (non-hydrogen) atoms. The highest BCUT2D eigenvalue weighted by atomic mass is 16.2. The molecule has 3 nitrogen and oxygen atoms in total. The van der Waals surface area contributed by atoms with Gasteiger partial charge in [0.1, 0.15) is 0 Å². The summed E-state index contributed by atoms with van der Waals surface area (Å²) in [6.45, 7) is 7.36. The lowest BCUT2D eigenvalue weighted by molar-refractivity contribution is -0.137. The van der Waals surface area contributed by atoms with Gasteiger partial charge in [-0.1, -0.05) is 6.92 Å². The second-order valence-electron chi connectivity index (χ2n) is 5.04. The Bertz CT molecular complexity index is 226. The van der Waals surface area contributed by atoms with Crippen LogP contribution in [0.1, 0.15) is 46.5 Å². The lowest BCUT2D eigenvalue weighted by atomic mass is 9.97. The second kappa shape index (κ2) is 4.97. The van der Waals surface area contributed by atoms with Crippen molar-refractivity contribution in [2.45, 2.75) is 58.0 Å². The highest BCUT2D eigenvalue weighted by Crippen LogP contribution is 2.27. The van der Waals surface area contributed by atoms with Crippen LogP contribution in [0.15, 0.2) is 0 Å². The molecule has 0 aliphatic carbocycles. The molecule has 1 saturated heterocycles. The van der Waals surface area contributed by atoms with E-state index in [-0.39, 0.29) is 17.5 Å². The Labute approximate surface area is 93.2 Å². The number of carbonyl (C=O) groups is 1. The molecular weight excluding hydrogens is 188 g/mol. The van der Waals surface area contributed by atoms with Gasteiger partial charge in [-0.05, 0) is 46.6 Å². The Morgan fingerprint density at radius 1 is 1.53 bits per heavy atom. The van der Waals surface area contributed by atoms with Crippen molar-refractivity contribution in [3.05, 3.63) is 0 Å². The van der Waals surface area contributed by atoms with Crippen molar-refractivity contribution in [3.8, 4) is 0 Å². The van der Waals surface area contributed by atoms with E-state index in [4.69, 9.17) is 0 Å². The second-order valence-corrected chi connectivity index (χ2v) is 5.04. The number of hydrogen-bond donors (Lipinski definition) is 1. The lowest BCUT2D eigenvalue weighted by Gasteiger charge is -2.38. The minimum atomic E-state index is 0.0262. The van der Waals surface area contributed by atoms with Gasteiger partial charge < -0.3 is 10.2 Å². The van der Waals surface area contributed by atoms with Crippen LogP contribution in [-0.4, -0.2) is 36.0 Å². The molecule has 88 valence electrons. The van der Waals surface area contributed by atoms with Gasteiger partial charge in [0.15, 0.2) is 0 Å². The number of likely N-dealkylation sites (N-methyl/N-ethyl adjacent to an activating group) is 1. The molecule has 1 N–H and O–H groups in total. The number of likely N-dealkylation sites (tertiary alicyclic amines) is 1. The number of hydrogen-bond acceptors (Lipinski definition) is 2. The average molecular weight is 212 g/mol. The molecule has 1 aliphatic rings. The largest absolute Gasteiger partial charge is 0.336 e. The smallest absolute Gasteiger partial charge is 0.240 e. The van der Waals surface area contributed by atoms with Crippen molar-refractivity contribution < 1.29 is 4.79 Å². The van der Waals surface area contributed by atoms with E-state index in [1.54, 1.807) is 0 Å². The summed E-state index contributed by atoms with van der Waals surface area (Å²) in [7, 11) is 1.88. The van der Waals surface area contributed by atoms with E-state index in [1.807, 2.05) is 7.05 Å². The van der Waals surface area contributed by atoms with E-state index in [9.17, 15) is 4.79 Å². The number of rotatable bonds is 3. The molecule has 0 aromatic heterocycles. The van der Waals surface area contributed by atoms with E-state index in [2.05, 4.69) is 31.0 Å². The highest BCUT2D eigenvalue weighted by molar-refractivity contribution is 5.82. The Hall–Kier alpha value is -0.570. The minimum absolute atomic E-state index is 0.0262. The molecule has 1 fully saturated rings. The van der Waals surface area contributed by atoms with Crippen LogP contribution in [0.3, 0.4) is 0 Å². The molecule has 1 atom stereocenters. The third-order valence-electron chi connectivity index (χ3n) is 3.37. The summed E-state index contributed by atoms with van der Waals surface area (Å²) in [5, 5.41) is 3.13. The van der Waals surface area contributed by atoms with Gasteiger partial charge in [0.2, 0.25) is 5.91 Å². The standard InChI is InChI=1S/C12H24N2O/c1-5-9-14-11(15)10(13-4)7-6-8-12(14,2)3/h10,13H,5-9H2,1-4H3. The molecule has 1 rings (SSSR count). The third-order valence-corrected chi connectivity index (χ3v) is 3.37. The summed E-state index contributed by atoms with van der Waals surface area (Å²) in [6.07, 6.45) is 4.24. The molecular formula is C12H24N2O. The fraction of sp³-hybridized carbons (Fsp3) is 0.917. The van der Waals surface area contributed by atoms with Gasteiger partial charge in [0.25, 0.3) is 0 Å². The quantitative estimate of drug-likeness (QED) is 0.773. The molecule has 0 bridgehead atoms. The molecule has 1 amide bonds. The number of carbonyl (C=O) groups excluding carboxylic acids is 1. The van der Waals surface area contributed by atoms with Crippen LogP contribution in [0.25, 0.3) is 0 Å². The Balaban J connectivity index is 2.85. The Kier molecular flexibility index (Phi) is 4.14. The molecule has 1 aliphatic heterocycles. The predicted molar refractivity (Wildman–Crippen MR) is 62.8 cm³/mol. The van der Waals surface area contributed by atoms with Crippen LogP contribution >= 0.6 is 0 Å². The maximum Gasteiger partial charge on any atom is 0.240 e. The van der Waals surface area contributed by atoms with E-state index in [1.165, 1.54) is 0 Å². The van der Waals surface area contributed by atoms with E-state index < -0.39 is 0 Å². The van der Waals surface area contributed by atoms with E-state index in [0.29, 0.717) is 0 Å². The highest BCUT2D eigenvalue weighted by Gasteiger charge is 2.36. The van der Waals surface area contributed by atoms with Gasteiger partial charge in [-0.25, -0.2) is 0 Å². The van der Waals surface area contributed by atoms with E-state index >= 15 is 0 Å². The molecule has 0 aromatic carbocycles. The monoisotopic (exact) mass is 212 g/mol. The summed E-state index contributed by atoms with van der Waals surface area (Å²) < 4.78 is 0. The summed E-state index contributed by atoms with van der Waals surface area (Å²) in [6, 6.07) is 0.0262. The third kappa shape index (κ3) is 2.71. The fourth-order valence-corrected chi connectivity index (χ4v) is 2.39. The molecule has 1 unspecified atom stereocenters. The van der Waals surface area contributed by atoms with Crippen molar-refractivity contribution in [2.24, 2.45) is 0 Å². The van der Waals surface area contributed by atoms with Gasteiger partial charge in [-0.2, -0.15) is 0 Å². The maximum atomic E-state index is 12.2. The molecule has 1 heterocycles. The first-order chi connectivity index (χ1) is 7.03. The van der Waals surface area contributed by atoms with Gasteiger partial charge in [0, 0.05) is 12.1 Å². The van der Waals surface area contributed by atoms with Crippen LogP contribution < -0.4 is 5.32 Å². The number of nitrogens with one attached hydrogen (secondary N) is 1. The summed E-state index contributed by atoms with van der Waals surface area (Å²) in [5.41, 5.74) is 0.0265. The molecule has 3 heteroatoms. The van der Waals surface area contributed by atoms with Crippen LogP contribution in [0.2, 0.25) is 0 Å². The zero-order chi connectivity index (χ0) is 11.5. The minimum Gasteiger partial charge on any atom is -0.336 e. The summed E-state index contributed by atoms with van der Waals surface area (Å²) in [5.74, 6) is 0.279. The molecule has 0 radical (unpaired) electrons. The van der Waals surface area contributed by atoms with Crippen molar-refractivity contribution in [2.75, 3.05) is 13.6 Å². The number of amides is 1. The van der Waals surface area contributed by atoms with Gasteiger partial charge in [0.05, 0.1) is 6.04 Å². The zero-order valence-electron chi connectivity index (χ0n) is 10.5.